The molecule has 7 rings (SSSR count). The molecule has 0 bridgehead atoms. The van der Waals surface area contributed by atoms with Crippen molar-refractivity contribution in [3.05, 3.63) is 78.4 Å². The summed E-state index contributed by atoms with van der Waals surface area (Å²) in [5.74, 6) is 0.333. The zero-order valence-electron chi connectivity index (χ0n) is 29.4. The number of rotatable bonds is 14. The summed E-state index contributed by atoms with van der Waals surface area (Å²) >= 11 is 0. The summed E-state index contributed by atoms with van der Waals surface area (Å²) in [6.07, 6.45) is 1.89. The molecule has 2 atom stereocenters. The Labute approximate surface area is 306 Å². The van der Waals surface area contributed by atoms with Gasteiger partial charge in [-0.3, -0.25) is 4.90 Å². The molecule has 282 valence electrons. The molecule has 3 heterocycles. The van der Waals surface area contributed by atoms with Gasteiger partial charge in [-0.25, -0.2) is 16.8 Å². The van der Waals surface area contributed by atoms with E-state index in [9.17, 15) is 27.0 Å². The number of morpholine rings is 1. The molecule has 3 saturated heterocycles. The molecule has 52 heavy (non-hydrogen) atoms. The maximum atomic E-state index is 13.8. The van der Waals surface area contributed by atoms with Crippen molar-refractivity contribution in [2.45, 2.75) is 70.9 Å². The van der Waals surface area contributed by atoms with Crippen LogP contribution in [0.4, 0.5) is 0 Å². The Kier molecular flexibility index (Phi) is 11.1. The van der Waals surface area contributed by atoms with Crippen LogP contribution in [0.5, 0.6) is 5.75 Å². The number of sulfonamides is 1. The van der Waals surface area contributed by atoms with Crippen molar-refractivity contribution >= 4 is 19.9 Å². The number of benzene rings is 3. The molecule has 3 N–H and O–H groups in total. The number of aliphatic hydroxyl groups is 2. The third-order valence-corrected chi connectivity index (χ3v) is 15.4. The number of sulfone groups is 1. The van der Waals surface area contributed by atoms with Gasteiger partial charge in [0, 0.05) is 45.3 Å². The van der Waals surface area contributed by atoms with Gasteiger partial charge in [-0.15, -0.1) is 0 Å². The minimum absolute atomic E-state index is 0.00331. The topological polar surface area (TPSA) is 155 Å². The van der Waals surface area contributed by atoms with Gasteiger partial charge in [-0.1, -0.05) is 42.5 Å². The molecule has 0 radical (unpaired) electrons. The van der Waals surface area contributed by atoms with Crippen molar-refractivity contribution in [1.82, 2.24) is 14.5 Å². The smallest absolute Gasteiger partial charge is 0.243 e. The van der Waals surface area contributed by atoms with Crippen LogP contribution in [0, 0.1) is 0 Å². The summed E-state index contributed by atoms with van der Waals surface area (Å²) in [6, 6.07) is 21.7. The fourth-order valence-corrected chi connectivity index (χ4v) is 10.8. The SMILES string of the molecule is O=S(=O)(c1cccc(-c2ccc(CN3CCOCC3)cc2)c1)N1CCC2(CC1)CC(NCC(O)COc1cccc(S(=O)(=O)C3(CO)CC3)c1)CO2. The second-order valence-electron chi connectivity index (χ2n) is 14.6. The average Bonchev–Trinajstić information content (AvgIpc) is 3.90. The number of hydrogen-bond donors (Lipinski definition) is 3. The molecule has 3 aliphatic heterocycles. The van der Waals surface area contributed by atoms with Crippen molar-refractivity contribution in [1.29, 1.82) is 0 Å². The van der Waals surface area contributed by atoms with Gasteiger partial charge in [-0.05, 0) is 79.1 Å². The quantitative estimate of drug-likeness (QED) is 0.223. The van der Waals surface area contributed by atoms with Crippen LogP contribution < -0.4 is 10.1 Å². The maximum Gasteiger partial charge on any atom is 0.243 e. The summed E-state index contributed by atoms with van der Waals surface area (Å²) < 4.78 is 71.3. The fourth-order valence-electron chi connectivity index (χ4n) is 7.45. The Morgan fingerprint density at radius 3 is 2.29 bits per heavy atom. The Balaban J connectivity index is 0.873. The molecule has 0 amide bonds. The first kappa shape index (κ1) is 37.4. The van der Waals surface area contributed by atoms with Gasteiger partial charge in [0.25, 0.3) is 0 Å². The first-order chi connectivity index (χ1) is 25.0. The minimum atomic E-state index is -3.69. The van der Waals surface area contributed by atoms with E-state index in [1.165, 1.54) is 17.7 Å². The standard InChI is InChI=1S/C38H49N3O9S2/c42-28-38(11-12-38)51(44,45)35-5-2-4-34(22-35)49-27-33(43)24-39-32-23-37(50-26-32)13-15-41(16-14-37)52(46,47)36-6-1-3-31(21-36)30-9-7-29(8-10-30)25-40-17-19-48-20-18-40/h1-10,21-22,32-33,39,42-43H,11-20,23-28H2. The monoisotopic (exact) mass is 755 g/mol. The highest BCUT2D eigenvalue weighted by atomic mass is 32.2. The average molecular weight is 756 g/mol. The predicted octanol–water partition coefficient (Wildman–Crippen LogP) is 2.83. The molecule has 1 spiro atoms. The third kappa shape index (κ3) is 8.10. The first-order valence-electron chi connectivity index (χ1n) is 18.1. The number of nitrogens with one attached hydrogen (secondary N) is 1. The molecule has 3 aromatic carbocycles. The second-order valence-corrected chi connectivity index (χ2v) is 18.9. The number of piperidine rings is 1. The van der Waals surface area contributed by atoms with E-state index < -0.39 is 42.9 Å². The highest BCUT2D eigenvalue weighted by Gasteiger charge is 2.54. The summed E-state index contributed by atoms with van der Waals surface area (Å²) in [6.45, 7) is 5.23. The Hall–Kier alpha value is -2.92. The van der Waals surface area contributed by atoms with Crippen molar-refractivity contribution in [2.24, 2.45) is 0 Å². The lowest BCUT2D eigenvalue weighted by Crippen LogP contribution is -2.47. The van der Waals surface area contributed by atoms with Crippen LogP contribution in [-0.2, 0) is 35.9 Å². The highest BCUT2D eigenvalue weighted by molar-refractivity contribution is 7.93. The van der Waals surface area contributed by atoms with Gasteiger partial charge >= 0.3 is 0 Å². The van der Waals surface area contributed by atoms with Crippen LogP contribution in [0.3, 0.4) is 0 Å². The molecule has 1 saturated carbocycles. The zero-order valence-corrected chi connectivity index (χ0v) is 31.0. The van der Waals surface area contributed by atoms with Gasteiger partial charge in [0.1, 0.15) is 18.5 Å². The zero-order chi connectivity index (χ0) is 36.4. The van der Waals surface area contributed by atoms with Crippen LogP contribution in [0.1, 0.15) is 37.7 Å². The number of hydrogen-bond acceptors (Lipinski definition) is 11. The molecule has 2 unspecified atom stereocenters. The van der Waals surface area contributed by atoms with Gasteiger partial charge < -0.3 is 29.7 Å². The summed E-state index contributed by atoms with van der Waals surface area (Å²) in [7, 11) is -7.37. The molecule has 0 aromatic heterocycles. The molecule has 12 nitrogen and oxygen atoms in total. The summed E-state index contributed by atoms with van der Waals surface area (Å²) in [5.41, 5.74) is 2.63. The van der Waals surface area contributed by atoms with Crippen LogP contribution >= 0.6 is 0 Å². The number of aliphatic hydroxyl groups excluding tert-OH is 2. The van der Waals surface area contributed by atoms with Gasteiger partial charge in [0.2, 0.25) is 10.0 Å². The van der Waals surface area contributed by atoms with E-state index in [0.29, 0.717) is 57.6 Å². The van der Waals surface area contributed by atoms with Gasteiger partial charge in [0.15, 0.2) is 9.84 Å². The largest absolute Gasteiger partial charge is 0.491 e. The molecular weight excluding hydrogens is 707 g/mol. The van der Waals surface area contributed by atoms with E-state index in [1.54, 1.807) is 34.6 Å². The van der Waals surface area contributed by atoms with Crippen LogP contribution in [-0.4, -0.2) is 125 Å². The van der Waals surface area contributed by atoms with Crippen molar-refractivity contribution in [3.8, 4) is 16.9 Å². The van der Waals surface area contributed by atoms with Crippen LogP contribution in [0.25, 0.3) is 11.1 Å². The van der Waals surface area contributed by atoms with Crippen LogP contribution in [0.2, 0.25) is 0 Å². The van der Waals surface area contributed by atoms with E-state index in [1.807, 2.05) is 6.07 Å². The first-order valence-corrected chi connectivity index (χ1v) is 21.1. The molecule has 1 aliphatic carbocycles. The van der Waals surface area contributed by atoms with E-state index >= 15 is 0 Å². The predicted molar refractivity (Wildman–Crippen MR) is 195 cm³/mol. The normalized spacial score (nSPS) is 22.7. The Morgan fingerprint density at radius 2 is 1.58 bits per heavy atom. The summed E-state index contributed by atoms with van der Waals surface area (Å²) in [5, 5.41) is 23.6. The number of ether oxygens (including phenoxy) is 3. The van der Waals surface area contributed by atoms with E-state index in [4.69, 9.17) is 14.2 Å². The minimum Gasteiger partial charge on any atom is -0.491 e. The second kappa shape index (κ2) is 15.4. The lowest BCUT2D eigenvalue weighted by atomic mass is 9.88. The maximum absolute atomic E-state index is 13.8. The van der Waals surface area contributed by atoms with Crippen LogP contribution in [0.15, 0.2) is 82.6 Å². The third-order valence-electron chi connectivity index (χ3n) is 11.0. The molecule has 14 heteroatoms. The molecule has 4 fully saturated rings. The van der Waals surface area contributed by atoms with Gasteiger partial charge in [-0.2, -0.15) is 4.31 Å². The Bertz CT molecular complexity index is 1910. The molecule has 4 aliphatic rings. The van der Waals surface area contributed by atoms with E-state index in [0.717, 1.165) is 44.0 Å². The lowest BCUT2D eigenvalue weighted by Gasteiger charge is -2.38. The molecular formula is C38H49N3O9S2. The number of nitrogens with zero attached hydrogens (tertiary/aromatic N) is 2. The van der Waals surface area contributed by atoms with Crippen molar-refractivity contribution in [3.63, 3.8) is 0 Å². The highest BCUT2D eigenvalue weighted by Crippen LogP contribution is 2.46. The van der Waals surface area contributed by atoms with Crippen molar-refractivity contribution < 1.29 is 41.3 Å². The fraction of sp³-hybridized carbons (Fsp3) is 0.526. The van der Waals surface area contributed by atoms with Gasteiger partial charge in [0.05, 0.1) is 46.6 Å². The van der Waals surface area contributed by atoms with Crippen molar-refractivity contribution in [2.75, 3.05) is 65.8 Å². The summed E-state index contributed by atoms with van der Waals surface area (Å²) in [4.78, 5) is 2.76. The lowest BCUT2D eigenvalue weighted by molar-refractivity contribution is -0.0312. The van der Waals surface area contributed by atoms with E-state index in [-0.39, 0.29) is 29.0 Å². The molecule has 3 aromatic rings. The van der Waals surface area contributed by atoms with E-state index in [2.05, 4.69) is 34.5 Å². The Morgan fingerprint density at radius 1 is 0.865 bits per heavy atom.